The van der Waals surface area contributed by atoms with Crippen molar-refractivity contribution < 1.29 is 19.1 Å². The first-order chi connectivity index (χ1) is 9.42. The number of aliphatic hydroxyl groups is 1. The Kier molecular flexibility index (Phi) is 6.48. The lowest BCUT2D eigenvalue weighted by Crippen LogP contribution is -2.47. The lowest BCUT2D eigenvalue weighted by atomic mass is 10.2. The van der Waals surface area contributed by atoms with E-state index in [1.54, 1.807) is 0 Å². The van der Waals surface area contributed by atoms with Crippen molar-refractivity contribution in [2.45, 2.75) is 57.5 Å². The molecule has 1 aliphatic heterocycles. The lowest BCUT2D eigenvalue weighted by Gasteiger charge is -2.31. The van der Waals surface area contributed by atoms with Gasteiger partial charge in [-0.15, -0.1) is 11.6 Å². The second-order valence-corrected chi connectivity index (χ2v) is 10.2. The maximum Gasteiger partial charge on any atom is 0.315 e. The number of carbonyl (C=O) groups is 2. The van der Waals surface area contributed by atoms with Gasteiger partial charge in [0.1, 0.15) is 11.9 Å². The molecule has 0 aromatic carbocycles. The molecule has 0 aliphatic carbocycles. The molecule has 116 valence electrons. The Morgan fingerprint density at radius 1 is 1.30 bits per heavy atom. The van der Waals surface area contributed by atoms with Crippen LogP contribution < -0.4 is 0 Å². The summed E-state index contributed by atoms with van der Waals surface area (Å²) in [6.07, 6.45) is -0.441. The molecule has 20 heavy (non-hydrogen) atoms. The van der Waals surface area contributed by atoms with E-state index in [0.29, 0.717) is 0 Å². The number of β-amino-alcohol motifs (C(OH)–C–C–N with tert-alkyl or cyclic N) is 1. The van der Waals surface area contributed by atoms with Gasteiger partial charge in [-0.1, -0.05) is 20.8 Å². The molecule has 1 N–H and O–H groups in total. The molecular formula is C13H24ClNO4Si. The standard InChI is InChI=1S/C13H24ClNO4Si/c1-4-20(5-2,6-3)19-13(18)11-7-10(16)9-15(11)12(17)8-14/h10-11,16H,4-9H2,1-3H3/t10-,11+/m1/s1. The van der Waals surface area contributed by atoms with Crippen LogP contribution >= 0.6 is 11.6 Å². The summed E-state index contributed by atoms with van der Waals surface area (Å²) in [6, 6.07) is 1.91. The number of hydrogen-bond acceptors (Lipinski definition) is 4. The van der Waals surface area contributed by atoms with Gasteiger partial charge in [-0.2, -0.15) is 0 Å². The predicted octanol–water partition coefficient (Wildman–Crippen LogP) is 1.74. The van der Waals surface area contributed by atoms with Crippen molar-refractivity contribution in [1.29, 1.82) is 0 Å². The number of hydrogen-bond donors (Lipinski definition) is 1. The van der Waals surface area contributed by atoms with Crippen LogP contribution in [0.5, 0.6) is 0 Å². The summed E-state index contributed by atoms with van der Waals surface area (Å²) in [5.41, 5.74) is 0. The lowest BCUT2D eigenvalue weighted by molar-refractivity contribution is -0.145. The van der Waals surface area contributed by atoms with Gasteiger partial charge in [0.2, 0.25) is 5.91 Å². The second-order valence-electron chi connectivity index (χ2n) is 5.25. The monoisotopic (exact) mass is 321 g/mol. The van der Waals surface area contributed by atoms with Crippen molar-refractivity contribution in [3.05, 3.63) is 0 Å². The van der Waals surface area contributed by atoms with Gasteiger partial charge in [-0.25, -0.2) is 0 Å². The van der Waals surface area contributed by atoms with Gasteiger partial charge in [-0.05, 0) is 18.1 Å². The molecule has 7 heteroatoms. The first-order valence-electron chi connectivity index (χ1n) is 7.19. The molecule has 1 aliphatic rings. The molecule has 0 spiro atoms. The Hall–Kier alpha value is -0.593. The molecule has 1 saturated heterocycles. The van der Waals surface area contributed by atoms with Gasteiger partial charge in [0.25, 0.3) is 8.32 Å². The average Bonchev–Trinajstić information content (AvgIpc) is 2.86. The topological polar surface area (TPSA) is 66.8 Å². The first kappa shape index (κ1) is 17.5. The number of nitrogens with zero attached hydrogens (tertiary/aromatic N) is 1. The minimum absolute atomic E-state index is 0.157. The van der Waals surface area contributed by atoms with E-state index in [4.69, 9.17) is 16.0 Å². The van der Waals surface area contributed by atoms with Gasteiger partial charge in [-0.3, -0.25) is 9.59 Å². The maximum atomic E-state index is 12.4. The number of likely N-dealkylation sites (tertiary alicyclic amines) is 1. The van der Waals surface area contributed by atoms with Crippen LogP contribution in [0.4, 0.5) is 0 Å². The molecule has 1 heterocycles. The zero-order chi connectivity index (χ0) is 15.3. The summed E-state index contributed by atoms with van der Waals surface area (Å²) in [5.74, 6) is -0.895. The van der Waals surface area contributed by atoms with Gasteiger partial charge in [0.15, 0.2) is 0 Å². The summed E-state index contributed by atoms with van der Waals surface area (Å²) in [6.45, 7) is 6.28. The molecule has 1 rings (SSSR count). The highest BCUT2D eigenvalue weighted by Gasteiger charge is 2.42. The minimum atomic E-state index is -2.05. The fourth-order valence-electron chi connectivity index (χ4n) is 2.64. The molecule has 0 radical (unpaired) electrons. The van der Waals surface area contributed by atoms with Crippen LogP contribution in [0.3, 0.4) is 0 Å². The van der Waals surface area contributed by atoms with Crippen molar-refractivity contribution in [2.75, 3.05) is 12.4 Å². The largest absolute Gasteiger partial charge is 0.518 e. The zero-order valence-electron chi connectivity index (χ0n) is 12.4. The predicted molar refractivity (Wildman–Crippen MR) is 80.1 cm³/mol. The summed E-state index contributed by atoms with van der Waals surface area (Å²) in [5, 5.41) is 9.70. The van der Waals surface area contributed by atoms with Crippen molar-refractivity contribution in [1.82, 2.24) is 4.90 Å². The van der Waals surface area contributed by atoms with E-state index < -0.39 is 20.5 Å². The summed E-state index contributed by atoms with van der Waals surface area (Å²) >= 11 is 5.55. The smallest absolute Gasteiger partial charge is 0.315 e. The van der Waals surface area contributed by atoms with E-state index >= 15 is 0 Å². The number of amides is 1. The van der Waals surface area contributed by atoms with Gasteiger partial charge in [0, 0.05) is 13.0 Å². The van der Waals surface area contributed by atoms with Crippen molar-refractivity contribution in [2.24, 2.45) is 0 Å². The zero-order valence-corrected chi connectivity index (χ0v) is 14.2. The fraction of sp³-hybridized carbons (Fsp3) is 0.846. The molecule has 1 fully saturated rings. The van der Waals surface area contributed by atoms with Crippen molar-refractivity contribution in [3.8, 4) is 0 Å². The molecule has 0 aromatic rings. The van der Waals surface area contributed by atoms with Gasteiger partial charge >= 0.3 is 5.97 Å². The van der Waals surface area contributed by atoms with Gasteiger partial charge in [0.05, 0.1) is 6.10 Å². The Labute approximate surface area is 126 Å². The van der Waals surface area contributed by atoms with Crippen LogP contribution in [0.1, 0.15) is 27.2 Å². The maximum absolute atomic E-state index is 12.4. The Bertz CT molecular complexity index is 354. The molecule has 1 amide bonds. The van der Waals surface area contributed by atoms with E-state index in [2.05, 4.69) is 0 Å². The van der Waals surface area contributed by atoms with Crippen LogP contribution in [0.15, 0.2) is 0 Å². The highest BCUT2D eigenvalue weighted by molar-refractivity contribution is 6.75. The van der Waals surface area contributed by atoms with Crippen LogP contribution in [-0.4, -0.2) is 54.8 Å². The van der Waals surface area contributed by atoms with E-state index in [0.717, 1.165) is 18.1 Å². The molecular weight excluding hydrogens is 298 g/mol. The third-order valence-corrected chi connectivity index (χ3v) is 8.96. The normalized spacial score (nSPS) is 22.9. The highest BCUT2D eigenvalue weighted by atomic mass is 35.5. The first-order valence-corrected chi connectivity index (χ1v) is 10.3. The number of alkyl halides is 1. The quantitative estimate of drug-likeness (QED) is 0.597. The summed E-state index contributed by atoms with van der Waals surface area (Å²) in [4.78, 5) is 25.5. The molecule has 0 saturated carbocycles. The van der Waals surface area contributed by atoms with Crippen LogP contribution in [0, 0.1) is 0 Å². The highest BCUT2D eigenvalue weighted by Crippen LogP contribution is 2.26. The van der Waals surface area contributed by atoms with Crippen molar-refractivity contribution in [3.63, 3.8) is 0 Å². The van der Waals surface area contributed by atoms with Crippen LogP contribution in [0.2, 0.25) is 18.1 Å². The summed E-state index contributed by atoms with van der Waals surface area (Å²) < 4.78 is 5.79. The molecule has 2 atom stereocenters. The van der Waals surface area contributed by atoms with Crippen LogP contribution in [-0.2, 0) is 14.0 Å². The Balaban J connectivity index is 2.81. The van der Waals surface area contributed by atoms with E-state index in [9.17, 15) is 14.7 Å². The van der Waals surface area contributed by atoms with Crippen LogP contribution in [0.25, 0.3) is 0 Å². The summed E-state index contributed by atoms with van der Waals surface area (Å²) in [7, 11) is -2.05. The second kappa shape index (κ2) is 7.43. The fourth-order valence-corrected chi connectivity index (χ4v) is 5.29. The molecule has 0 aromatic heterocycles. The molecule has 0 bridgehead atoms. The number of carbonyl (C=O) groups excluding carboxylic acids is 2. The Morgan fingerprint density at radius 2 is 1.85 bits per heavy atom. The number of rotatable bonds is 6. The van der Waals surface area contributed by atoms with E-state index in [1.165, 1.54) is 4.90 Å². The molecule has 5 nitrogen and oxygen atoms in total. The number of aliphatic hydroxyl groups excluding tert-OH is 1. The third-order valence-electron chi connectivity index (χ3n) is 4.24. The third kappa shape index (κ3) is 3.74. The van der Waals surface area contributed by atoms with E-state index in [-0.39, 0.29) is 30.7 Å². The molecule has 0 unspecified atom stereocenters. The number of halogens is 1. The SMILES string of the molecule is CC[Si](CC)(CC)OC(=O)[C@@H]1C[C@@H](O)CN1C(=O)CCl. The van der Waals surface area contributed by atoms with Gasteiger partial charge < -0.3 is 14.4 Å². The minimum Gasteiger partial charge on any atom is -0.518 e. The Morgan fingerprint density at radius 3 is 2.30 bits per heavy atom. The van der Waals surface area contributed by atoms with E-state index in [1.807, 2.05) is 20.8 Å². The average molecular weight is 322 g/mol. The van der Waals surface area contributed by atoms with Crippen molar-refractivity contribution >= 4 is 31.8 Å².